The Morgan fingerprint density at radius 3 is 2.89 bits per heavy atom. The Hall–Kier alpha value is -1.44. The SMILES string of the molecule is N#Cc1cc(CNCC2CCCCC2O)ccc1F. The molecule has 3 nitrogen and oxygen atoms in total. The van der Waals surface area contributed by atoms with Gasteiger partial charge < -0.3 is 10.4 Å². The normalized spacial score (nSPS) is 23.0. The Bertz CT molecular complexity index is 470. The Morgan fingerprint density at radius 2 is 2.16 bits per heavy atom. The molecule has 0 heterocycles. The van der Waals surface area contributed by atoms with Crippen molar-refractivity contribution >= 4 is 0 Å². The second-order valence-electron chi connectivity index (χ2n) is 5.17. The monoisotopic (exact) mass is 262 g/mol. The number of nitrogens with one attached hydrogen (secondary N) is 1. The lowest BCUT2D eigenvalue weighted by molar-refractivity contribution is 0.0695. The number of hydrogen-bond acceptors (Lipinski definition) is 3. The van der Waals surface area contributed by atoms with Crippen LogP contribution in [0.25, 0.3) is 0 Å². The third-order valence-electron chi connectivity index (χ3n) is 3.76. The average Bonchev–Trinajstić information content (AvgIpc) is 2.43. The molecule has 0 bridgehead atoms. The van der Waals surface area contributed by atoms with Crippen LogP contribution in [0.5, 0.6) is 0 Å². The van der Waals surface area contributed by atoms with Gasteiger partial charge >= 0.3 is 0 Å². The highest BCUT2D eigenvalue weighted by molar-refractivity contribution is 5.34. The molecule has 1 aromatic carbocycles. The molecular weight excluding hydrogens is 243 g/mol. The highest BCUT2D eigenvalue weighted by Crippen LogP contribution is 2.23. The van der Waals surface area contributed by atoms with Gasteiger partial charge in [-0.1, -0.05) is 18.9 Å². The minimum Gasteiger partial charge on any atom is -0.393 e. The zero-order valence-electron chi connectivity index (χ0n) is 10.9. The fraction of sp³-hybridized carbons (Fsp3) is 0.533. The van der Waals surface area contributed by atoms with Gasteiger partial charge in [0.1, 0.15) is 11.9 Å². The van der Waals surface area contributed by atoms with Crippen LogP contribution in [0.2, 0.25) is 0 Å². The first kappa shape index (κ1) is 14.0. The van der Waals surface area contributed by atoms with E-state index in [1.165, 1.54) is 12.5 Å². The first-order valence-corrected chi connectivity index (χ1v) is 6.78. The Balaban J connectivity index is 1.84. The Kier molecular flexibility index (Phi) is 4.89. The van der Waals surface area contributed by atoms with E-state index in [1.54, 1.807) is 12.1 Å². The van der Waals surface area contributed by atoms with Crippen molar-refractivity contribution in [1.82, 2.24) is 5.32 Å². The first-order valence-electron chi connectivity index (χ1n) is 6.78. The van der Waals surface area contributed by atoms with Gasteiger partial charge in [0.15, 0.2) is 0 Å². The number of aliphatic hydroxyl groups excluding tert-OH is 1. The molecule has 2 atom stereocenters. The summed E-state index contributed by atoms with van der Waals surface area (Å²) in [5, 5.41) is 21.9. The maximum absolute atomic E-state index is 13.2. The first-order chi connectivity index (χ1) is 9.20. The van der Waals surface area contributed by atoms with Gasteiger partial charge in [-0.05, 0) is 36.5 Å². The molecule has 2 unspecified atom stereocenters. The summed E-state index contributed by atoms with van der Waals surface area (Å²) in [5.41, 5.74) is 0.972. The lowest BCUT2D eigenvalue weighted by atomic mass is 9.86. The van der Waals surface area contributed by atoms with E-state index < -0.39 is 5.82 Å². The average molecular weight is 262 g/mol. The summed E-state index contributed by atoms with van der Waals surface area (Å²) in [4.78, 5) is 0. The van der Waals surface area contributed by atoms with Gasteiger partial charge in [-0.25, -0.2) is 4.39 Å². The van der Waals surface area contributed by atoms with Crippen molar-refractivity contribution in [3.8, 4) is 6.07 Å². The molecule has 2 rings (SSSR count). The molecular formula is C15H19FN2O. The number of benzene rings is 1. The largest absolute Gasteiger partial charge is 0.393 e. The van der Waals surface area contributed by atoms with Gasteiger partial charge in [-0.15, -0.1) is 0 Å². The molecule has 4 heteroatoms. The second-order valence-corrected chi connectivity index (χ2v) is 5.17. The summed E-state index contributed by atoms with van der Waals surface area (Å²) in [6.45, 7) is 1.36. The van der Waals surface area contributed by atoms with Crippen molar-refractivity contribution in [3.05, 3.63) is 35.1 Å². The number of aliphatic hydroxyl groups is 1. The molecule has 1 fully saturated rings. The van der Waals surface area contributed by atoms with Crippen molar-refractivity contribution in [2.24, 2.45) is 5.92 Å². The lowest BCUT2D eigenvalue weighted by Gasteiger charge is -2.27. The van der Waals surface area contributed by atoms with Crippen LogP contribution in [0, 0.1) is 23.1 Å². The van der Waals surface area contributed by atoms with E-state index in [1.807, 2.05) is 6.07 Å². The number of nitriles is 1. The number of hydrogen-bond donors (Lipinski definition) is 2. The second kappa shape index (κ2) is 6.65. The van der Waals surface area contributed by atoms with Gasteiger partial charge in [0.05, 0.1) is 11.7 Å². The molecule has 0 amide bonds. The lowest BCUT2D eigenvalue weighted by Crippen LogP contribution is -2.33. The minimum atomic E-state index is -0.478. The van der Waals surface area contributed by atoms with Crippen molar-refractivity contribution < 1.29 is 9.50 Å². The molecule has 0 aromatic heterocycles. The molecule has 0 saturated heterocycles. The predicted molar refractivity (Wildman–Crippen MR) is 70.8 cm³/mol. The van der Waals surface area contributed by atoms with Crippen LogP contribution in [0.1, 0.15) is 36.8 Å². The third kappa shape index (κ3) is 3.76. The van der Waals surface area contributed by atoms with Gasteiger partial charge in [-0.3, -0.25) is 0 Å². The van der Waals surface area contributed by atoms with Crippen LogP contribution < -0.4 is 5.32 Å². The Morgan fingerprint density at radius 1 is 1.37 bits per heavy atom. The quantitative estimate of drug-likeness (QED) is 0.875. The summed E-state index contributed by atoms with van der Waals surface area (Å²) in [6.07, 6.45) is 4.03. The van der Waals surface area contributed by atoms with E-state index in [2.05, 4.69) is 5.32 Å². The molecule has 1 aliphatic carbocycles. The van der Waals surface area contributed by atoms with Crippen LogP contribution in [-0.2, 0) is 6.54 Å². The summed E-state index contributed by atoms with van der Waals surface area (Å²) in [7, 11) is 0. The Labute approximate surface area is 113 Å². The summed E-state index contributed by atoms with van der Waals surface area (Å²) in [6, 6.07) is 6.41. The molecule has 0 spiro atoms. The third-order valence-corrected chi connectivity index (χ3v) is 3.76. The highest BCUT2D eigenvalue weighted by Gasteiger charge is 2.22. The zero-order chi connectivity index (χ0) is 13.7. The fourth-order valence-electron chi connectivity index (χ4n) is 2.60. The van der Waals surface area contributed by atoms with E-state index >= 15 is 0 Å². The van der Waals surface area contributed by atoms with E-state index in [4.69, 9.17) is 5.26 Å². The summed E-state index contributed by atoms with van der Waals surface area (Å²) in [5.74, 6) is -0.168. The van der Waals surface area contributed by atoms with E-state index in [0.29, 0.717) is 12.5 Å². The van der Waals surface area contributed by atoms with Gasteiger partial charge in [0, 0.05) is 13.1 Å². The fourth-order valence-corrected chi connectivity index (χ4v) is 2.60. The van der Waals surface area contributed by atoms with Crippen LogP contribution in [-0.4, -0.2) is 17.8 Å². The van der Waals surface area contributed by atoms with Gasteiger partial charge in [0.2, 0.25) is 0 Å². The summed E-state index contributed by atoms with van der Waals surface area (Å²) < 4.78 is 13.2. The molecule has 2 N–H and O–H groups in total. The molecule has 1 aliphatic rings. The van der Waals surface area contributed by atoms with Crippen molar-refractivity contribution in [1.29, 1.82) is 5.26 Å². The minimum absolute atomic E-state index is 0.0806. The topological polar surface area (TPSA) is 56.0 Å². The smallest absolute Gasteiger partial charge is 0.140 e. The van der Waals surface area contributed by atoms with E-state index in [9.17, 15) is 9.50 Å². The maximum atomic E-state index is 13.2. The molecule has 0 radical (unpaired) electrons. The van der Waals surface area contributed by atoms with Crippen LogP contribution in [0.4, 0.5) is 4.39 Å². The van der Waals surface area contributed by atoms with Crippen LogP contribution >= 0.6 is 0 Å². The molecule has 102 valence electrons. The van der Waals surface area contributed by atoms with Crippen LogP contribution in [0.15, 0.2) is 18.2 Å². The highest BCUT2D eigenvalue weighted by atomic mass is 19.1. The number of rotatable bonds is 4. The predicted octanol–water partition coefficient (Wildman–Crippen LogP) is 2.34. The summed E-state index contributed by atoms with van der Waals surface area (Å²) >= 11 is 0. The molecule has 0 aliphatic heterocycles. The van der Waals surface area contributed by atoms with Crippen LogP contribution in [0.3, 0.4) is 0 Å². The molecule has 19 heavy (non-hydrogen) atoms. The zero-order valence-corrected chi connectivity index (χ0v) is 10.9. The van der Waals surface area contributed by atoms with Crippen molar-refractivity contribution in [2.45, 2.75) is 38.3 Å². The van der Waals surface area contributed by atoms with Crippen molar-refractivity contribution in [3.63, 3.8) is 0 Å². The van der Waals surface area contributed by atoms with Gasteiger partial charge in [0.25, 0.3) is 0 Å². The number of nitrogens with zero attached hydrogens (tertiary/aromatic N) is 1. The molecule has 1 aromatic rings. The standard InChI is InChI=1S/C15H19FN2O/c16-14-6-5-11(7-13(14)8-17)9-18-10-12-3-1-2-4-15(12)19/h5-7,12,15,18-19H,1-4,9-10H2. The van der Waals surface area contributed by atoms with E-state index in [-0.39, 0.29) is 11.7 Å². The van der Waals surface area contributed by atoms with Gasteiger partial charge in [-0.2, -0.15) is 5.26 Å². The van der Waals surface area contributed by atoms with Crippen molar-refractivity contribution in [2.75, 3.05) is 6.54 Å². The molecule has 1 saturated carbocycles. The van der Waals surface area contributed by atoms with E-state index in [0.717, 1.165) is 31.4 Å². The number of halogens is 1. The maximum Gasteiger partial charge on any atom is 0.140 e.